The molecule has 0 aliphatic carbocycles. The summed E-state index contributed by atoms with van der Waals surface area (Å²) in [6.45, 7) is 8.58. The molecule has 2 heterocycles. The van der Waals surface area contributed by atoms with Gasteiger partial charge in [0.05, 0.1) is 0 Å². The number of furan rings is 1. The van der Waals surface area contributed by atoms with E-state index in [1.807, 2.05) is 20.8 Å². The van der Waals surface area contributed by atoms with Crippen molar-refractivity contribution in [2.75, 3.05) is 13.6 Å². The SMILES string of the molecule is CNCc1c(C)oc(C)c1S(=O)(=O)N1CCCC1(C)C. The zero-order valence-electron chi connectivity index (χ0n) is 12.9. The quantitative estimate of drug-likeness (QED) is 0.926. The Morgan fingerprint density at radius 1 is 1.30 bits per heavy atom. The first kappa shape index (κ1) is 15.5. The van der Waals surface area contributed by atoms with Crippen LogP contribution in [0, 0.1) is 13.8 Å². The number of sulfonamides is 1. The van der Waals surface area contributed by atoms with Gasteiger partial charge < -0.3 is 9.73 Å². The molecule has 1 aliphatic heterocycles. The molecule has 1 N–H and O–H groups in total. The zero-order chi connectivity index (χ0) is 15.1. The number of nitrogens with one attached hydrogen (secondary N) is 1. The van der Waals surface area contributed by atoms with E-state index in [0.29, 0.717) is 29.5 Å². The lowest BCUT2D eigenvalue weighted by Crippen LogP contribution is -2.43. The molecule has 1 aliphatic rings. The van der Waals surface area contributed by atoms with Gasteiger partial charge in [0.25, 0.3) is 0 Å². The van der Waals surface area contributed by atoms with E-state index in [4.69, 9.17) is 4.42 Å². The minimum atomic E-state index is -3.51. The van der Waals surface area contributed by atoms with Crippen molar-refractivity contribution in [3.05, 3.63) is 17.1 Å². The van der Waals surface area contributed by atoms with Gasteiger partial charge >= 0.3 is 0 Å². The van der Waals surface area contributed by atoms with Crippen LogP contribution in [0.2, 0.25) is 0 Å². The third-order valence-corrected chi connectivity index (χ3v) is 6.36. The van der Waals surface area contributed by atoms with E-state index in [-0.39, 0.29) is 5.54 Å². The number of hydrogen-bond acceptors (Lipinski definition) is 4. The lowest BCUT2D eigenvalue weighted by molar-refractivity contribution is 0.291. The molecular formula is C14H24N2O3S. The highest BCUT2D eigenvalue weighted by Gasteiger charge is 2.43. The largest absolute Gasteiger partial charge is 0.465 e. The van der Waals surface area contributed by atoms with Crippen molar-refractivity contribution in [3.63, 3.8) is 0 Å². The Morgan fingerprint density at radius 3 is 2.45 bits per heavy atom. The van der Waals surface area contributed by atoms with Crippen molar-refractivity contribution in [3.8, 4) is 0 Å². The minimum Gasteiger partial charge on any atom is -0.465 e. The van der Waals surface area contributed by atoms with Crippen LogP contribution in [0.15, 0.2) is 9.31 Å². The van der Waals surface area contributed by atoms with Gasteiger partial charge in [-0.15, -0.1) is 0 Å². The molecule has 0 radical (unpaired) electrons. The maximum Gasteiger partial charge on any atom is 0.247 e. The van der Waals surface area contributed by atoms with E-state index in [0.717, 1.165) is 18.4 Å². The Kier molecular flexibility index (Phi) is 4.01. The van der Waals surface area contributed by atoms with Crippen LogP contribution in [0.25, 0.3) is 0 Å². The summed E-state index contributed by atoms with van der Waals surface area (Å²) in [6.07, 6.45) is 1.80. The molecule has 0 atom stereocenters. The monoisotopic (exact) mass is 300 g/mol. The zero-order valence-corrected chi connectivity index (χ0v) is 13.7. The second kappa shape index (κ2) is 5.16. The molecule has 114 valence electrons. The summed E-state index contributed by atoms with van der Waals surface area (Å²) in [5.41, 5.74) is 0.417. The van der Waals surface area contributed by atoms with E-state index < -0.39 is 10.0 Å². The van der Waals surface area contributed by atoms with Crippen molar-refractivity contribution in [2.24, 2.45) is 0 Å². The highest BCUT2D eigenvalue weighted by molar-refractivity contribution is 7.89. The van der Waals surface area contributed by atoms with E-state index in [2.05, 4.69) is 5.32 Å². The van der Waals surface area contributed by atoms with Gasteiger partial charge in [0.15, 0.2) is 0 Å². The fraction of sp³-hybridized carbons (Fsp3) is 0.714. The van der Waals surface area contributed by atoms with Gasteiger partial charge in [-0.1, -0.05) is 0 Å². The second-order valence-electron chi connectivity index (χ2n) is 6.05. The first-order chi connectivity index (χ1) is 9.21. The Labute approximate surface area is 121 Å². The predicted molar refractivity (Wildman–Crippen MR) is 78.2 cm³/mol. The van der Waals surface area contributed by atoms with Crippen molar-refractivity contribution in [1.29, 1.82) is 0 Å². The maximum atomic E-state index is 13.0. The van der Waals surface area contributed by atoms with Gasteiger partial charge in [-0.05, 0) is 47.6 Å². The van der Waals surface area contributed by atoms with Crippen molar-refractivity contribution < 1.29 is 12.8 Å². The van der Waals surface area contributed by atoms with Crippen LogP contribution in [0.5, 0.6) is 0 Å². The van der Waals surface area contributed by atoms with Crippen molar-refractivity contribution >= 4 is 10.0 Å². The average molecular weight is 300 g/mol. The molecule has 1 fully saturated rings. The number of nitrogens with zero attached hydrogens (tertiary/aromatic N) is 1. The predicted octanol–water partition coefficient (Wildman–Crippen LogP) is 2.18. The standard InChI is InChI=1S/C14H24N2O3S/c1-10-12(9-15-5)13(11(2)19-10)20(17,18)16-8-6-7-14(16,3)4/h15H,6-9H2,1-5H3. The first-order valence-corrected chi connectivity index (χ1v) is 8.42. The number of rotatable bonds is 4. The number of aryl methyl sites for hydroxylation is 2. The number of hydrogen-bond donors (Lipinski definition) is 1. The summed E-state index contributed by atoms with van der Waals surface area (Å²) >= 11 is 0. The molecule has 1 saturated heterocycles. The van der Waals surface area contributed by atoms with E-state index in [1.54, 1.807) is 18.3 Å². The van der Waals surface area contributed by atoms with Crippen LogP contribution >= 0.6 is 0 Å². The van der Waals surface area contributed by atoms with Crippen LogP contribution in [-0.4, -0.2) is 31.9 Å². The average Bonchev–Trinajstić information content (AvgIpc) is 2.80. The summed E-state index contributed by atoms with van der Waals surface area (Å²) in [7, 11) is -1.71. The molecule has 1 aromatic rings. The molecule has 0 amide bonds. The molecular weight excluding hydrogens is 276 g/mol. The molecule has 20 heavy (non-hydrogen) atoms. The first-order valence-electron chi connectivity index (χ1n) is 6.98. The Morgan fingerprint density at radius 2 is 1.95 bits per heavy atom. The van der Waals surface area contributed by atoms with Crippen LogP contribution in [-0.2, 0) is 16.6 Å². The summed E-state index contributed by atoms with van der Waals surface area (Å²) in [5.74, 6) is 1.16. The maximum absolute atomic E-state index is 13.0. The fourth-order valence-corrected chi connectivity index (χ4v) is 5.33. The van der Waals surface area contributed by atoms with Gasteiger partial charge in [-0.25, -0.2) is 8.42 Å². The van der Waals surface area contributed by atoms with Gasteiger partial charge in [-0.3, -0.25) is 0 Å². The van der Waals surface area contributed by atoms with Crippen LogP contribution in [0.3, 0.4) is 0 Å². The van der Waals surface area contributed by atoms with Crippen LogP contribution < -0.4 is 5.32 Å². The summed E-state index contributed by atoms with van der Waals surface area (Å²) in [5, 5.41) is 3.02. The fourth-order valence-electron chi connectivity index (χ4n) is 3.07. The van der Waals surface area contributed by atoms with Gasteiger partial charge in [0, 0.05) is 24.2 Å². The highest BCUT2D eigenvalue weighted by Crippen LogP contribution is 2.37. The minimum absolute atomic E-state index is 0.326. The third-order valence-electron chi connectivity index (χ3n) is 4.05. The van der Waals surface area contributed by atoms with Gasteiger partial charge in [0.1, 0.15) is 16.4 Å². The molecule has 0 aromatic carbocycles. The Bertz CT molecular complexity index is 602. The van der Waals surface area contributed by atoms with Crippen LogP contribution in [0.4, 0.5) is 0 Å². The highest BCUT2D eigenvalue weighted by atomic mass is 32.2. The van der Waals surface area contributed by atoms with Crippen molar-refractivity contribution in [1.82, 2.24) is 9.62 Å². The topological polar surface area (TPSA) is 62.6 Å². The second-order valence-corrected chi connectivity index (χ2v) is 7.84. The molecule has 0 saturated carbocycles. The van der Waals surface area contributed by atoms with E-state index in [1.165, 1.54) is 0 Å². The van der Waals surface area contributed by atoms with Gasteiger partial charge in [-0.2, -0.15) is 4.31 Å². The molecule has 1 aromatic heterocycles. The molecule has 0 unspecified atom stereocenters. The summed E-state index contributed by atoms with van der Waals surface area (Å²) < 4.78 is 33.2. The smallest absolute Gasteiger partial charge is 0.247 e. The molecule has 6 heteroatoms. The molecule has 0 bridgehead atoms. The van der Waals surface area contributed by atoms with E-state index in [9.17, 15) is 8.42 Å². The third kappa shape index (κ3) is 2.40. The van der Waals surface area contributed by atoms with E-state index >= 15 is 0 Å². The summed E-state index contributed by atoms with van der Waals surface area (Å²) in [4.78, 5) is 0.347. The van der Waals surface area contributed by atoms with Gasteiger partial charge in [0.2, 0.25) is 10.0 Å². The Hall–Kier alpha value is -0.850. The van der Waals surface area contributed by atoms with Crippen molar-refractivity contribution in [2.45, 2.75) is 57.5 Å². The molecule has 2 rings (SSSR count). The van der Waals surface area contributed by atoms with Crippen LogP contribution in [0.1, 0.15) is 43.8 Å². The normalized spacial score (nSPS) is 19.6. The molecule has 5 nitrogen and oxygen atoms in total. The summed E-state index contributed by atoms with van der Waals surface area (Å²) in [6, 6.07) is 0. The Balaban J connectivity index is 2.55. The lowest BCUT2D eigenvalue weighted by Gasteiger charge is -2.30. The molecule has 0 spiro atoms. The lowest BCUT2D eigenvalue weighted by atomic mass is 10.0.